The van der Waals surface area contributed by atoms with Gasteiger partial charge >= 0.3 is 17.9 Å². The SMILES string of the molecule is C=C(C)C(=O)OCCc1ccc(OC(=O)C(C)(C)C(=O)OCCOc2ccc(C(=O)C(C)(C)O)cc2)c([C@@H]2N=C3C=CC=CC3C(CC)C2C)c1. The molecule has 4 rings (SSSR count). The van der Waals surface area contributed by atoms with Gasteiger partial charge in [-0.15, -0.1) is 0 Å². The fourth-order valence-corrected chi connectivity index (χ4v) is 6.16. The van der Waals surface area contributed by atoms with Crippen LogP contribution in [-0.2, 0) is 30.3 Å². The number of ketones is 1. The van der Waals surface area contributed by atoms with Crippen molar-refractivity contribution in [3.8, 4) is 11.5 Å². The molecule has 10 nitrogen and oxygen atoms in total. The summed E-state index contributed by atoms with van der Waals surface area (Å²) < 4.78 is 22.4. The van der Waals surface area contributed by atoms with E-state index >= 15 is 0 Å². The summed E-state index contributed by atoms with van der Waals surface area (Å²) in [6, 6.07) is 11.4. The van der Waals surface area contributed by atoms with E-state index in [2.05, 4.69) is 26.5 Å². The first-order chi connectivity index (χ1) is 24.0. The molecular formula is C41H49NO9. The van der Waals surface area contributed by atoms with Gasteiger partial charge in [-0.3, -0.25) is 19.4 Å². The highest BCUT2D eigenvalue weighted by Crippen LogP contribution is 2.46. The Balaban J connectivity index is 1.47. The van der Waals surface area contributed by atoms with Crippen molar-refractivity contribution in [3.05, 3.63) is 95.6 Å². The highest BCUT2D eigenvalue weighted by atomic mass is 16.6. The van der Waals surface area contributed by atoms with Crippen LogP contribution >= 0.6 is 0 Å². The van der Waals surface area contributed by atoms with Crippen LogP contribution in [0.1, 0.15) is 82.4 Å². The zero-order valence-corrected chi connectivity index (χ0v) is 30.6. The van der Waals surface area contributed by atoms with Crippen molar-refractivity contribution in [1.82, 2.24) is 0 Å². The van der Waals surface area contributed by atoms with Gasteiger partial charge in [0.05, 0.1) is 12.6 Å². The normalized spacial score (nSPS) is 19.7. The minimum Gasteiger partial charge on any atom is -0.490 e. The zero-order valence-electron chi connectivity index (χ0n) is 30.6. The Hall–Kier alpha value is -4.83. The Bertz CT molecular complexity index is 1730. The summed E-state index contributed by atoms with van der Waals surface area (Å²) in [5.41, 5.74) is 0.0663. The Morgan fingerprint density at radius 1 is 0.922 bits per heavy atom. The Morgan fingerprint density at radius 3 is 2.27 bits per heavy atom. The van der Waals surface area contributed by atoms with Crippen LogP contribution in [0.3, 0.4) is 0 Å². The van der Waals surface area contributed by atoms with Gasteiger partial charge in [0.25, 0.3) is 0 Å². The van der Waals surface area contributed by atoms with Gasteiger partial charge in [-0.05, 0) is 94.5 Å². The van der Waals surface area contributed by atoms with Gasteiger partial charge in [-0.25, -0.2) is 4.79 Å². The molecule has 1 heterocycles. The molecule has 51 heavy (non-hydrogen) atoms. The number of allylic oxidation sites excluding steroid dienone is 4. The van der Waals surface area contributed by atoms with Crippen molar-refractivity contribution in [3.63, 3.8) is 0 Å². The monoisotopic (exact) mass is 699 g/mol. The Morgan fingerprint density at radius 2 is 1.63 bits per heavy atom. The molecule has 2 aromatic rings. The second kappa shape index (κ2) is 16.5. The third-order valence-electron chi connectivity index (χ3n) is 9.28. The number of hydrogen-bond acceptors (Lipinski definition) is 10. The standard InChI is InChI=1S/C41H49NO9/c1-9-30-26(4)35(42-33-13-11-10-12-31(30)33)32-24-27(20-21-49-37(44)25(2)3)14-19-34(32)51-39(46)40(5,6)38(45)50-23-22-48-29-17-15-28(16-18-29)36(43)41(7,8)47/h10-19,24,26,30-31,35,47H,2,9,20-23H2,1,3-8H3/t26?,30?,31?,35-/m1/s1. The average molecular weight is 700 g/mol. The van der Waals surface area contributed by atoms with E-state index < -0.39 is 34.7 Å². The predicted molar refractivity (Wildman–Crippen MR) is 194 cm³/mol. The van der Waals surface area contributed by atoms with E-state index in [0.29, 0.717) is 40.5 Å². The number of benzene rings is 2. The van der Waals surface area contributed by atoms with Gasteiger partial charge in [-0.1, -0.05) is 51.1 Å². The quantitative estimate of drug-likeness (QED) is 0.0534. The number of Topliss-reactive ketones (excluding diaryl/α,β-unsaturated/α-hetero) is 1. The molecule has 2 aliphatic rings. The number of esters is 3. The summed E-state index contributed by atoms with van der Waals surface area (Å²) >= 11 is 0. The number of nitrogens with zero attached hydrogens (tertiary/aromatic N) is 1. The molecule has 0 fully saturated rings. The lowest BCUT2D eigenvalue weighted by molar-refractivity contribution is -0.165. The average Bonchev–Trinajstić information content (AvgIpc) is 3.09. The van der Waals surface area contributed by atoms with Gasteiger partial charge in [0.15, 0.2) is 11.2 Å². The maximum absolute atomic E-state index is 13.6. The van der Waals surface area contributed by atoms with Crippen molar-refractivity contribution in [2.75, 3.05) is 19.8 Å². The van der Waals surface area contributed by atoms with Crippen LogP contribution in [-0.4, -0.2) is 59.9 Å². The molecule has 1 aliphatic heterocycles. The van der Waals surface area contributed by atoms with E-state index in [0.717, 1.165) is 17.7 Å². The van der Waals surface area contributed by atoms with Gasteiger partial charge in [0.2, 0.25) is 0 Å². The molecule has 0 spiro atoms. The minimum atomic E-state index is -1.65. The fourth-order valence-electron chi connectivity index (χ4n) is 6.16. The molecule has 2 aromatic carbocycles. The van der Waals surface area contributed by atoms with Crippen molar-refractivity contribution in [1.29, 1.82) is 0 Å². The first-order valence-electron chi connectivity index (χ1n) is 17.3. The minimum absolute atomic E-state index is 0.00603. The summed E-state index contributed by atoms with van der Waals surface area (Å²) in [4.78, 5) is 56.1. The van der Waals surface area contributed by atoms with Crippen LogP contribution in [0.5, 0.6) is 11.5 Å². The maximum Gasteiger partial charge on any atom is 0.333 e. The summed E-state index contributed by atoms with van der Waals surface area (Å²) in [5.74, 6) is -1.10. The smallest absolute Gasteiger partial charge is 0.333 e. The number of aliphatic imine (C=N–C) groups is 1. The number of aliphatic hydroxyl groups is 1. The van der Waals surface area contributed by atoms with Crippen molar-refractivity contribution in [2.45, 2.75) is 73.0 Å². The molecule has 0 radical (unpaired) electrons. The molecule has 0 amide bonds. The van der Waals surface area contributed by atoms with Gasteiger partial charge in [0, 0.05) is 34.8 Å². The number of hydrogen-bond donors (Lipinski definition) is 1. The van der Waals surface area contributed by atoms with Gasteiger partial charge in [-0.2, -0.15) is 0 Å². The molecular weight excluding hydrogens is 650 g/mol. The van der Waals surface area contributed by atoms with Crippen LogP contribution in [0.15, 0.2) is 83.9 Å². The fraction of sp³-hybridized carbons (Fsp3) is 0.439. The summed E-state index contributed by atoms with van der Waals surface area (Å²) in [5, 5.41) is 9.94. The predicted octanol–water partition coefficient (Wildman–Crippen LogP) is 6.76. The Kier molecular flexibility index (Phi) is 12.6. The first-order valence-corrected chi connectivity index (χ1v) is 17.3. The molecule has 1 N–H and O–H groups in total. The van der Waals surface area contributed by atoms with Crippen LogP contribution in [0.4, 0.5) is 0 Å². The molecule has 0 bridgehead atoms. The highest BCUT2D eigenvalue weighted by Gasteiger charge is 2.42. The van der Waals surface area contributed by atoms with Crippen LogP contribution < -0.4 is 9.47 Å². The van der Waals surface area contributed by atoms with E-state index in [4.69, 9.17) is 23.9 Å². The van der Waals surface area contributed by atoms with Gasteiger partial charge in [0.1, 0.15) is 30.3 Å². The molecule has 0 aromatic heterocycles. The Labute approximate surface area is 300 Å². The largest absolute Gasteiger partial charge is 0.490 e. The molecule has 4 atom stereocenters. The molecule has 10 heteroatoms. The van der Waals surface area contributed by atoms with Crippen LogP contribution in [0.25, 0.3) is 0 Å². The van der Waals surface area contributed by atoms with E-state index in [-0.39, 0.29) is 37.7 Å². The lowest BCUT2D eigenvalue weighted by atomic mass is 9.70. The van der Waals surface area contributed by atoms with Crippen LogP contribution in [0, 0.1) is 23.2 Å². The topological polar surface area (TPSA) is 138 Å². The van der Waals surface area contributed by atoms with E-state index in [9.17, 15) is 24.3 Å². The lowest BCUT2D eigenvalue weighted by Crippen LogP contribution is -2.39. The maximum atomic E-state index is 13.6. The van der Waals surface area contributed by atoms with Crippen molar-refractivity contribution < 1.29 is 43.2 Å². The van der Waals surface area contributed by atoms with E-state index in [1.807, 2.05) is 24.3 Å². The molecule has 3 unspecified atom stereocenters. The summed E-state index contributed by atoms with van der Waals surface area (Å²) in [6.07, 6.45) is 9.59. The summed E-state index contributed by atoms with van der Waals surface area (Å²) in [6.45, 7) is 15.3. The number of carbonyl (C=O) groups excluding carboxylic acids is 4. The second-order valence-electron chi connectivity index (χ2n) is 14.1. The zero-order chi connectivity index (χ0) is 37.5. The van der Waals surface area contributed by atoms with Gasteiger partial charge < -0.3 is 24.1 Å². The second-order valence-corrected chi connectivity index (χ2v) is 14.1. The number of ether oxygens (including phenoxy) is 4. The van der Waals surface area contributed by atoms with Crippen molar-refractivity contribution in [2.24, 2.45) is 28.2 Å². The molecule has 0 saturated heterocycles. The number of fused-ring (bicyclic) bond motifs is 1. The van der Waals surface area contributed by atoms with Crippen LogP contribution in [0.2, 0.25) is 0 Å². The third-order valence-corrected chi connectivity index (χ3v) is 9.28. The third kappa shape index (κ3) is 9.49. The molecule has 0 saturated carbocycles. The van der Waals surface area contributed by atoms with Crippen molar-refractivity contribution >= 4 is 29.4 Å². The van der Waals surface area contributed by atoms with E-state index in [1.165, 1.54) is 27.7 Å². The highest BCUT2D eigenvalue weighted by molar-refractivity contribution is 6.02. The molecule has 272 valence electrons. The number of carbonyl (C=O) groups is 4. The molecule has 1 aliphatic carbocycles. The lowest BCUT2D eigenvalue weighted by Gasteiger charge is -2.39. The van der Waals surface area contributed by atoms with E-state index in [1.54, 1.807) is 43.3 Å². The summed E-state index contributed by atoms with van der Waals surface area (Å²) in [7, 11) is 0. The number of rotatable bonds is 15. The first kappa shape index (κ1) is 39.0.